The number of carbonyl (C=O) groups excluding carboxylic acids is 1. The number of aryl methyl sites for hydroxylation is 1. The van der Waals surface area contributed by atoms with Crippen LogP contribution in [0.5, 0.6) is 5.75 Å². The second kappa shape index (κ2) is 5.15. The van der Waals surface area contributed by atoms with Gasteiger partial charge in [-0.3, -0.25) is 4.79 Å². The smallest absolute Gasteiger partial charge is 0.136 e. The Morgan fingerprint density at radius 2 is 2.25 bits per heavy atom. The summed E-state index contributed by atoms with van der Waals surface area (Å²) in [4.78, 5) is 11.5. The van der Waals surface area contributed by atoms with Crippen LogP contribution in [0.3, 0.4) is 0 Å². The molecule has 0 atom stereocenters. The van der Waals surface area contributed by atoms with Crippen LogP contribution >= 0.6 is 0 Å². The zero-order valence-electron chi connectivity index (χ0n) is 9.74. The number of carbonyl (C=O) groups is 1. The van der Waals surface area contributed by atoms with Gasteiger partial charge >= 0.3 is 0 Å². The second-order valence-electron chi connectivity index (χ2n) is 4.60. The van der Waals surface area contributed by atoms with Gasteiger partial charge in [-0.2, -0.15) is 0 Å². The minimum atomic E-state index is 0.343. The summed E-state index contributed by atoms with van der Waals surface area (Å²) in [6.07, 6.45) is 3.79. The van der Waals surface area contributed by atoms with Gasteiger partial charge in [0, 0.05) is 12.8 Å². The maximum Gasteiger partial charge on any atom is 0.136 e. The molecule has 1 aliphatic rings. The van der Waals surface area contributed by atoms with Gasteiger partial charge in [-0.1, -0.05) is 12.1 Å². The molecular weight excluding hydrogens is 200 g/mol. The molecule has 0 bridgehead atoms. The Morgan fingerprint density at radius 1 is 1.44 bits per heavy atom. The molecule has 1 aliphatic carbocycles. The van der Waals surface area contributed by atoms with Crippen molar-refractivity contribution in [1.82, 2.24) is 0 Å². The minimum absolute atomic E-state index is 0.343. The largest absolute Gasteiger partial charge is 0.493 e. The number of hydrogen-bond donors (Lipinski definition) is 0. The first-order chi connectivity index (χ1) is 7.74. The summed E-state index contributed by atoms with van der Waals surface area (Å²) >= 11 is 0. The molecule has 0 aliphatic heterocycles. The fraction of sp³-hybridized carbons (Fsp3) is 0.500. The molecule has 1 aromatic rings. The third-order valence-corrected chi connectivity index (χ3v) is 2.85. The van der Waals surface area contributed by atoms with Crippen molar-refractivity contribution in [2.45, 2.75) is 32.6 Å². The quantitative estimate of drug-likeness (QED) is 0.733. The average molecular weight is 218 g/mol. The molecule has 2 nitrogen and oxygen atoms in total. The SMILES string of the molecule is Cc1cccc(OCCC(=O)CC2CC2)c1. The number of ether oxygens (including phenoxy) is 1. The first kappa shape index (κ1) is 11.2. The molecule has 0 unspecified atom stereocenters. The Morgan fingerprint density at radius 3 is 2.94 bits per heavy atom. The third-order valence-electron chi connectivity index (χ3n) is 2.85. The van der Waals surface area contributed by atoms with E-state index >= 15 is 0 Å². The fourth-order valence-electron chi connectivity index (χ4n) is 1.73. The Balaban J connectivity index is 1.68. The van der Waals surface area contributed by atoms with Crippen molar-refractivity contribution < 1.29 is 9.53 Å². The Bertz CT molecular complexity index is 367. The summed E-state index contributed by atoms with van der Waals surface area (Å²) in [7, 11) is 0. The highest BCUT2D eigenvalue weighted by Crippen LogP contribution is 2.32. The van der Waals surface area contributed by atoms with Crippen LogP contribution in [0.1, 0.15) is 31.2 Å². The maximum absolute atomic E-state index is 11.5. The lowest BCUT2D eigenvalue weighted by Gasteiger charge is -2.06. The van der Waals surface area contributed by atoms with Gasteiger partial charge in [0.1, 0.15) is 11.5 Å². The topological polar surface area (TPSA) is 26.3 Å². The first-order valence-corrected chi connectivity index (χ1v) is 5.95. The van der Waals surface area contributed by atoms with Crippen molar-refractivity contribution in [2.24, 2.45) is 5.92 Å². The normalized spacial score (nSPS) is 14.8. The summed E-state index contributed by atoms with van der Waals surface area (Å²) in [5.74, 6) is 1.89. The highest BCUT2D eigenvalue weighted by molar-refractivity contribution is 5.79. The molecule has 0 saturated heterocycles. The van der Waals surface area contributed by atoms with Crippen LogP contribution in [0.25, 0.3) is 0 Å². The molecule has 86 valence electrons. The first-order valence-electron chi connectivity index (χ1n) is 5.95. The molecular formula is C14H18O2. The van der Waals surface area contributed by atoms with Gasteiger partial charge in [-0.25, -0.2) is 0 Å². The average Bonchev–Trinajstić information content (AvgIpc) is 3.02. The molecule has 0 heterocycles. The van der Waals surface area contributed by atoms with Crippen LogP contribution in [0.15, 0.2) is 24.3 Å². The van der Waals surface area contributed by atoms with Crippen molar-refractivity contribution in [3.05, 3.63) is 29.8 Å². The molecule has 2 heteroatoms. The van der Waals surface area contributed by atoms with Gasteiger partial charge in [-0.15, -0.1) is 0 Å². The lowest BCUT2D eigenvalue weighted by Crippen LogP contribution is -2.06. The summed E-state index contributed by atoms with van der Waals surface area (Å²) in [6.45, 7) is 2.54. The number of rotatable bonds is 6. The summed E-state index contributed by atoms with van der Waals surface area (Å²) in [6, 6.07) is 7.92. The van der Waals surface area contributed by atoms with Gasteiger partial charge in [-0.05, 0) is 43.4 Å². The fourth-order valence-corrected chi connectivity index (χ4v) is 1.73. The van der Waals surface area contributed by atoms with Crippen molar-refractivity contribution in [3.8, 4) is 5.75 Å². The standard InChI is InChI=1S/C14H18O2/c1-11-3-2-4-14(9-11)16-8-7-13(15)10-12-5-6-12/h2-4,9,12H,5-8,10H2,1H3. The molecule has 0 radical (unpaired) electrons. The molecule has 1 aromatic carbocycles. The molecule has 0 aromatic heterocycles. The van der Waals surface area contributed by atoms with Crippen molar-refractivity contribution in [2.75, 3.05) is 6.61 Å². The molecule has 0 amide bonds. The van der Waals surface area contributed by atoms with Crippen LogP contribution in [0.2, 0.25) is 0 Å². The zero-order valence-corrected chi connectivity index (χ0v) is 9.74. The molecule has 0 spiro atoms. The number of Topliss-reactive ketones (excluding diaryl/α,β-unsaturated/α-hetero) is 1. The Hall–Kier alpha value is -1.31. The summed E-state index contributed by atoms with van der Waals surface area (Å²) in [5.41, 5.74) is 1.18. The van der Waals surface area contributed by atoms with Gasteiger partial charge in [0.2, 0.25) is 0 Å². The van der Waals surface area contributed by atoms with E-state index in [0.717, 1.165) is 12.2 Å². The van der Waals surface area contributed by atoms with Crippen LogP contribution in [-0.4, -0.2) is 12.4 Å². The lowest BCUT2D eigenvalue weighted by molar-refractivity contribution is -0.119. The van der Waals surface area contributed by atoms with E-state index in [9.17, 15) is 4.79 Å². The van der Waals surface area contributed by atoms with E-state index in [2.05, 4.69) is 0 Å². The zero-order chi connectivity index (χ0) is 11.4. The number of hydrogen-bond acceptors (Lipinski definition) is 2. The number of ketones is 1. The minimum Gasteiger partial charge on any atom is -0.493 e. The molecule has 1 saturated carbocycles. The maximum atomic E-state index is 11.5. The van der Waals surface area contributed by atoms with Crippen molar-refractivity contribution in [3.63, 3.8) is 0 Å². The van der Waals surface area contributed by atoms with E-state index in [1.807, 2.05) is 31.2 Å². The molecule has 0 N–H and O–H groups in total. The predicted octanol–water partition coefficient (Wildman–Crippen LogP) is 3.13. The van der Waals surface area contributed by atoms with Crippen LogP contribution in [0, 0.1) is 12.8 Å². The highest BCUT2D eigenvalue weighted by Gasteiger charge is 2.23. The van der Waals surface area contributed by atoms with E-state index in [1.165, 1.54) is 18.4 Å². The van der Waals surface area contributed by atoms with E-state index < -0.39 is 0 Å². The molecule has 16 heavy (non-hydrogen) atoms. The summed E-state index contributed by atoms with van der Waals surface area (Å²) in [5, 5.41) is 0. The molecule has 2 rings (SSSR count). The third kappa shape index (κ3) is 3.69. The van der Waals surface area contributed by atoms with Crippen molar-refractivity contribution in [1.29, 1.82) is 0 Å². The van der Waals surface area contributed by atoms with Gasteiger partial charge in [0.15, 0.2) is 0 Å². The monoisotopic (exact) mass is 218 g/mol. The van der Waals surface area contributed by atoms with Crippen LogP contribution < -0.4 is 4.74 Å². The number of benzene rings is 1. The van der Waals surface area contributed by atoms with Crippen LogP contribution in [0.4, 0.5) is 0 Å². The van der Waals surface area contributed by atoms with E-state index in [-0.39, 0.29) is 0 Å². The van der Waals surface area contributed by atoms with Gasteiger partial charge in [0.25, 0.3) is 0 Å². The van der Waals surface area contributed by atoms with Crippen LogP contribution in [-0.2, 0) is 4.79 Å². The van der Waals surface area contributed by atoms with E-state index in [4.69, 9.17) is 4.74 Å². The Kier molecular flexibility index (Phi) is 3.60. The Labute approximate surface area is 96.6 Å². The van der Waals surface area contributed by atoms with E-state index in [1.54, 1.807) is 0 Å². The summed E-state index contributed by atoms with van der Waals surface area (Å²) < 4.78 is 5.54. The molecule has 1 fully saturated rings. The van der Waals surface area contributed by atoms with E-state index in [0.29, 0.717) is 24.7 Å². The highest BCUT2D eigenvalue weighted by atomic mass is 16.5. The van der Waals surface area contributed by atoms with Gasteiger partial charge in [0.05, 0.1) is 6.61 Å². The second-order valence-corrected chi connectivity index (χ2v) is 4.60. The van der Waals surface area contributed by atoms with Crippen molar-refractivity contribution >= 4 is 5.78 Å². The van der Waals surface area contributed by atoms with Gasteiger partial charge < -0.3 is 4.74 Å². The predicted molar refractivity (Wildman–Crippen MR) is 63.6 cm³/mol. The lowest BCUT2D eigenvalue weighted by atomic mass is 10.1.